The number of esters is 1. The molecule has 4 heteroatoms. The highest BCUT2D eigenvalue weighted by molar-refractivity contribution is 7.10. The van der Waals surface area contributed by atoms with Gasteiger partial charge in [-0.15, -0.1) is 11.3 Å². The van der Waals surface area contributed by atoms with Gasteiger partial charge in [-0.2, -0.15) is 0 Å². The molecular weight excluding hydrogens is 282 g/mol. The number of aryl methyl sites for hydroxylation is 1. The summed E-state index contributed by atoms with van der Waals surface area (Å²) in [7, 11) is 1.43. The minimum absolute atomic E-state index is 0.0212. The Labute approximate surface area is 130 Å². The van der Waals surface area contributed by atoms with Crippen LogP contribution < -0.4 is 5.32 Å². The molecule has 0 bridgehead atoms. The second kappa shape index (κ2) is 7.38. The molecule has 0 saturated heterocycles. The van der Waals surface area contributed by atoms with E-state index in [2.05, 4.69) is 37.4 Å². The summed E-state index contributed by atoms with van der Waals surface area (Å²) in [6.45, 7) is 4.23. The SMILES string of the molecule is COC(=O)CC(NC(C)c1ccccc1C)c1cccs1. The number of benzene rings is 1. The maximum atomic E-state index is 11.6. The maximum absolute atomic E-state index is 11.6. The van der Waals surface area contributed by atoms with Gasteiger partial charge in [0.25, 0.3) is 0 Å². The summed E-state index contributed by atoms with van der Waals surface area (Å²) in [6.07, 6.45) is 0.341. The Kier molecular flexibility index (Phi) is 5.53. The topological polar surface area (TPSA) is 38.3 Å². The van der Waals surface area contributed by atoms with Gasteiger partial charge in [-0.1, -0.05) is 30.3 Å². The van der Waals surface area contributed by atoms with Gasteiger partial charge in [0.1, 0.15) is 0 Å². The Morgan fingerprint density at radius 1 is 1.29 bits per heavy atom. The molecule has 21 heavy (non-hydrogen) atoms. The van der Waals surface area contributed by atoms with Gasteiger partial charge < -0.3 is 10.1 Å². The van der Waals surface area contributed by atoms with Crippen LogP contribution in [0.25, 0.3) is 0 Å². The summed E-state index contributed by atoms with van der Waals surface area (Å²) in [5.41, 5.74) is 2.50. The molecule has 1 aromatic heterocycles. The maximum Gasteiger partial charge on any atom is 0.307 e. The van der Waals surface area contributed by atoms with E-state index in [0.29, 0.717) is 6.42 Å². The first kappa shape index (κ1) is 15.7. The van der Waals surface area contributed by atoms with Gasteiger partial charge in [0, 0.05) is 10.9 Å². The monoisotopic (exact) mass is 303 g/mol. The summed E-state index contributed by atoms with van der Waals surface area (Å²) in [5.74, 6) is -0.196. The molecule has 0 aliphatic rings. The van der Waals surface area contributed by atoms with E-state index < -0.39 is 0 Å². The van der Waals surface area contributed by atoms with Crippen LogP contribution in [0.1, 0.15) is 41.4 Å². The summed E-state index contributed by atoms with van der Waals surface area (Å²) >= 11 is 1.65. The molecule has 0 saturated carbocycles. The molecule has 2 atom stereocenters. The predicted octanol–water partition coefficient (Wildman–Crippen LogP) is 4.01. The lowest BCUT2D eigenvalue weighted by molar-refractivity contribution is -0.141. The number of hydrogen-bond donors (Lipinski definition) is 1. The molecule has 112 valence electrons. The second-order valence-corrected chi connectivity index (χ2v) is 6.07. The van der Waals surface area contributed by atoms with Crippen molar-refractivity contribution in [1.29, 1.82) is 0 Å². The number of ether oxygens (including phenoxy) is 1. The van der Waals surface area contributed by atoms with Gasteiger partial charge in [-0.05, 0) is 36.4 Å². The Hall–Kier alpha value is -1.65. The Morgan fingerprint density at radius 3 is 2.67 bits per heavy atom. The zero-order chi connectivity index (χ0) is 15.2. The first-order chi connectivity index (χ1) is 10.1. The third-order valence-electron chi connectivity index (χ3n) is 3.59. The summed E-state index contributed by atoms with van der Waals surface area (Å²) < 4.78 is 4.82. The van der Waals surface area contributed by atoms with Gasteiger partial charge in [-0.3, -0.25) is 4.79 Å². The van der Waals surface area contributed by atoms with Crippen LogP contribution >= 0.6 is 11.3 Å². The minimum atomic E-state index is -0.196. The van der Waals surface area contributed by atoms with Crippen molar-refractivity contribution >= 4 is 17.3 Å². The van der Waals surface area contributed by atoms with Crippen LogP contribution in [0, 0.1) is 6.92 Å². The van der Waals surface area contributed by atoms with Crippen LogP contribution in [-0.4, -0.2) is 13.1 Å². The number of carbonyl (C=O) groups excluding carboxylic acids is 1. The molecule has 0 aliphatic carbocycles. The van der Waals surface area contributed by atoms with E-state index in [1.807, 2.05) is 23.6 Å². The highest BCUT2D eigenvalue weighted by Crippen LogP contribution is 2.27. The Bertz CT molecular complexity index is 580. The van der Waals surface area contributed by atoms with Crippen LogP contribution in [0.5, 0.6) is 0 Å². The zero-order valence-electron chi connectivity index (χ0n) is 12.6. The van der Waals surface area contributed by atoms with Gasteiger partial charge in [0.05, 0.1) is 19.6 Å². The highest BCUT2D eigenvalue weighted by atomic mass is 32.1. The van der Waals surface area contributed by atoms with E-state index in [4.69, 9.17) is 4.74 Å². The molecule has 0 fully saturated rings. The molecule has 0 aliphatic heterocycles. The van der Waals surface area contributed by atoms with Crippen molar-refractivity contribution in [3.05, 3.63) is 57.8 Å². The molecule has 2 unspecified atom stereocenters. The second-order valence-electron chi connectivity index (χ2n) is 5.09. The Morgan fingerprint density at radius 2 is 2.05 bits per heavy atom. The lowest BCUT2D eigenvalue weighted by Gasteiger charge is -2.23. The molecule has 2 rings (SSSR count). The average Bonchev–Trinajstić information content (AvgIpc) is 3.01. The fraction of sp³-hybridized carbons (Fsp3) is 0.353. The van der Waals surface area contributed by atoms with E-state index in [0.717, 1.165) is 4.88 Å². The first-order valence-electron chi connectivity index (χ1n) is 7.03. The minimum Gasteiger partial charge on any atom is -0.469 e. The predicted molar refractivity (Wildman–Crippen MR) is 86.4 cm³/mol. The number of hydrogen-bond acceptors (Lipinski definition) is 4. The number of rotatable bonds is 6. The average molecular weight is 303 g/mol. The lowest BCUT2D eigenvalue weighted by Crippen LogP contribution is -2.27. The van der Waals surface area contributed by atoms with Crippen molar-refractivity contribution in [2.24, 2.45) is 0 Å². The number of methoxy groups -OCH3 is 1. The third-order valence-corrected chi connectivity index (χ3v) is 4.58. The van der Waals surface area contributed by atoms with Crippen molar-refractivity contribution in [3.63, 3.8) is 0 Å². The lowest BCUT2D eigenvalue weighted by atomic mass is 10.0. The van der Waals surface area contributed by atoms with Crippen LogP contribution in [-0.2, 0) is 9.53 Å². The van der Waals surface area contributed by atoms with E-state index in [9.17, 15) is 4.79 Å². The van der Waals surface area contributed by atoms with E-state index >= 15 is 0 Å². The molecule has 2 aromatic rings. The third kappa shape index (κ3) is 4.16. The molecule has 0 amide bonds. The van der Waals surface area contributed by atoms with Crippen LogP contribution in [0.3, 0.4) is 0 Å². The molecule has 0 radical (unpaired) electrons. The molecular formula is C17H21NO2S. The molecule has 3 nitrogen and oxygen atoms in total. The van der Waals surface area contributed by atoms with Crippen molar-refractivity contribution in [1.82, 2.24) is 5.32 Å². The van der Waals surface area contributed by atoms with E-state index in [-0.39, 0.29) is 18.1 Å². The quantitative estimate of drug-likeness (QED) is 0.819. The van der Waals surface area contributed by atoms with Crippen molar-refractivity contribution in [2.45, 2.75) is 32.4 Å². The van der Waals surface area contributed by atoms with E-state index in [1.165, 1.54) is 18.2 Å². The van der Waals surface area contributed by atoms with Crippen molar-refractivity contribution in [3.8, 4) is 0 Å². The number of nitrogens with one attached hydrogen (secondary N) is 1. The summed E-state index contributed by atoms with van der Waals surface area (Å²) in [5, 5.41) is 5.58. The fourth-order valence-corrected chi connectivity index (χ4v) is 3.23. The van der Waals surface area contributed by atoms with Crippen LogP contribution in [0.4, 0.5) is 0 Å². The van der Waals surface area contributed by atoms with E-state index in [1.54, 1.807) is 11.3 Å². The fourth-order valence-electron chi connectivity index (χ4n) is 2.45. The van der Waals surface area contributed by atoms with Gasteiger partial charge in [0.15, 0.2) is 0 Å². The summed E-state index contributed by atoms with van der Waals surface area (Å²) in [6, 6.07) is 12.5. The van der Waals surface area contributed by atoms with Crippen LogP contribution in [0.15, 0.2) is 41.8 Å². The Balaban J connectivity index is 2.15. The smallest absolute Gasteiger partial charge is 0.307 e. The highest BCUT2D eigenvalue weighted by Gasteiger charge is 2.20. The van der Waals surface area contributed by atoms with Crippen molar-refractivity contribution in [2.75, 3.05) is 7.11 Å². The number of thiophene rings is 1. The van der Waals surface area contributed by atoms with Crippen molar-refractivity contribution < 1.29 is 9.53 Å². The zero-order valence-corrected chi connectivity index (χ0v) is 13.4. The van der Waals surface area contributed by atoms with Gasteiger partial charge in [-0.25, -0.2) is 0 Å². The summed E-state index contributed by atoms with van der Waals surface area (Å²) in [4.78, 5) is 12.8. The molecule has 1 N–H and O–H groups in total. The number of carbonyl (C=O) groups is 1. The first-order valence-corrected chi connectivity index (χ1v) is 7.91. The standard InChI is InChI=1S/C17H21NO2S/c1-12-7-4-5-8-14(12)13(2)18-15(11-17(19)20-3)16-9-6-10-21-16/h4-10,13,15,18H,11H2,1-3H3. The molecule has 1 aromatic carbocycles. The van der Waals surface area contributed by atoms with Crippen LogP contribution in [0.2, 0.25) is 0 Å². The molecule has 1 heterocycles. The van der Waals surface area contributed by atoms with Gasteiger partial charge in [0.2, 0.25) is 0 Å². The normalized spacial score (nSPS) is 13.7. The largest absolute Gasteiger partial charge is 0.469 e. The van der Waals surface area contributed by atoms with Gasteiger partial charge >= 0.3 is 5.97 Å². The molecule has 0 spiro atoms.